The van der Waals surface area contributed by atoms with Gasteiger partial charge in [-0.25, -0.2) is 4.79 Å². The molecule has 0 radical (unpaired) electrons. The van der Waals surface area contributed by atoms with Crippen LogP contribution < -0.4 is 10.6 Å². The highest BCUT2D eigenvalue weighted by Gasteiger charge is 2.38. The van der Waals surface area contributed by atoms with Crippen molar-refractivity contribution in [1.82, 2.24) is 5.32 Å². The molecule has 1 aromatic heterocycles. The van der Waals surface area contributed by atoms with Gasteiger partial charge in [0.2, 0.25) is 5.91 Å². The fraction of sp³-hybridized carbons (Fsp3) is 0.280. The summed E-state index contributed by atoms with van der Waals surface area (Å²) in [4.78, 5) is 37.0. The van der Waals surface area contributed by atoms with E-state index in [0.717, 1.165) is 12.1 Å². The van der Waals surface area contributed by atoms with Gasteiger partial charge in [-0.3, -0.25) is 9.59 Å². The number of furan rings is 1. The molecule has 9 heteroatoms. The van der Waals surface area contributed by atoms with Crippen molar-refractivity contribution in [3.05, 3.63) is 75.9 Å². The molecule has 34 heavy (non-hydrogen) atoms. The predicted molar refractivity (Wildman–Crippen MR) is 127 cm³/mol. The number of rotatable bonds is 7. The van der Waals surface area contributed by atoms with Crippen molar-refractivity contribution in [2.24, 2.45) is 0 Å². The summed E-state index contributed by atoms with van der Waals surface area (Å²) in [6.07, 6.45) is 3.39. The van der Waals surface area contributed by atoms with Crippen molar-refractivity contribution in [2.45, 2.75) is 32.1 Å². The van der Waals surface area contributed by atoms with Crippen LogP contribution >= 0.6 is 11.8 Å². The van der Waals surface area contributed by atoms with E-state index in [0.29, 0.717) is 46.0 Å². The normalized spacial score (nSPS) is 17.5. The van der Waals surface area contributed by atoms with Gasteiger partial charge in [0, 0.05) is 23.4 Å². The van der Waals surface area contributed by atoms with E-state index < -0.39 is 11.9 Å². The lowest BCUT2D eigenvalue weighted by Gasteiger charge is -2.32. The Morgan fingerprint density at radius 2 is 2.06 bits per heavy atom. The second-order valence-electron chi connectivity index (χ2n) is 7.73. The predicted octanol–water partition coefficient (Wildman–Crippen LogP) is 4.26. The number of benzene rings is 1. The molecule has 0 fully saturated rings. The van der Waals surface area contributed by atoms with Gasteiger partial charge in [0.15, 0.2) is 5.78 Å². The molecule has 0 saturated carbocycles. The molecule has 0 unspecified atom stereocenters. The Balaban J connectivity index is 1.48. The van der Waals surface area contributed by atoms with Crippen LogP contribution in [-0.4, -0.2) is 30.0 Å². The number of ketones is 1. The molecule has 0 spiro atoms. The van der Waals surface area contributed by atoms with Gasteiger partial charge >= 0.3 is 5.97 Å². The van der Waals surface area contributed by atoms with Gasteiger partial charge in [-0.15, -0.1) is 0 Å². The van der Waals surface area contributed by atoms with Crippen LogP contribution in [0.4, 0.5) is 5.69 Å². The van der Waals surface area contributed by atoms with Crippen molar-refractivity contribution in [1.29, 1.82) is 5.26 Å². The van der Waals surface area contributed by atoms with Gasteiger partial charge in [0.25, 0.3) is 0 Å². The zero-order valence-corrected chi connectivity index (χ0v) is 19.4. The van der Waals surface area contributed by atoms with E-state index in [1.54, 1.807) is 43.3 Å². The Morgan fingerprint density at radius 3 is 2.74 bits per heavy atom. The maximum Gasteiger partial charge on any atom is 0.338 e. The van der Waals surface area contributed by atoms with Crippen LogP contribution in [0.1, 0.15) is 48.2 Å². The topological polar surface area (TPSA) is 121 Å². The summed E-state index contributed by atoms with van der Waals surface area (Å²) < 4.78 is 10.5. The summed E-state index contributed by atoms with van der Waals surface area (Å²) in [5.41, 5.74) is 2.67. The smallest absolute Gasteiger partial charge is 0.338 e. The van der Waals surface area contributed by atoms with Gasteiger partial charge in [-0.1, -0.05) is 11.8 Å². The lowest BCUT2D eigenvalue weighted by molar-refractivity contribution is -0.116. The van der Waals surface area contributed by atoms with E-state index in [-0.39, 0.29) is 24.1 Å². The average Bonchev–Trinajstić information content (AvgIpc) is 3.37. The highest BCUT2D eigenvalue weighted by atomic mass is 32.2. The summed E-state index contributed by atoms with van der Waals surface area (Å²) in [7, 11) is 0. The number of carbonyl (C=O) groups is 3. The Kier molecular flexibility index (Phi) is 7.18. The van der Waals surface area contributed by atoms with Crippen LogP contribution in [0.15, 0.2) is 69.0 Å². The Labute approximate surface area is 201 Å². The molecule has 0 saturated heterocycles. The zero-order valence-electron chi connectivity index (χ0n) is 18.6. The number of allylic oxidation sites excluding steroid dienone is 3. The fourth-order valence-electron chi connectivity index (χ4n) is 4.02. The summed E-state index contributed by atoms with van der Waals surface area (Å²) >= 11 is 1.20. The Bertz CT molecular complexity index is 1210. The third-order valence-electron chi connectivity index (χ3n) is 5.52. The lowest BCUT2D eigenvalue weighted by atomic mass is 9.79. The number of amides is 1. The fourth-order valence-corrected chi connectivity index (χ4v) is 4.88. The molecule has 1 aliphatic heterocycles. The number of ether oxygens (including phenoxy) is 1. The van der Waals surface area contributed by atoms with Crippen LogP contribution in [0.25, 0.3) is 0 Å². The summed E-state index contributed by atoms with van der Waals surface area (Å²) in [6.45, 7) is 2.02. The van der Waals surface area contributed by atoms with Crippen molar-refractivity contribution in [3.63, 3.8) is 0 Å². The number of hydrogen-bond acceptors (Lipinski definition) is 8. The first kappa shape index (κ1) is 23.4. The van der Waals surface area contributed by atoms with Gasteiger partial charge in [-0.05, 0) is 56.2 Å². The molecule has 1 amide bonds. The highest BCUT2D eigenvalue weighted by molar-refractivity contribution is 8.03. The minimum atomic E-state index is -0.579. The van der Waals surface area contributed by atoms with E-state index in [4.69, 9.17) is 9.15 Å². The van der Waals surface area contributed by atoms with E-state index in [1.807, 2.05) is 0 Å². The number of thioether (sulfide) groups is 1. The van der Waals surface area contributed by atoms with Crippen molar-refractivity contribution < 1.29 is 23.5 Å². The van der Waals surface area contributed by atoms with E-state index in [1.165, 1.54) is 18.0 Å². The van der Waals surface area contributed by atoms with E-state index >= 15 is 0 Å². The number of esters is 1. The van der Waals surface area contributed by atoms with Crippen LogP contribution in [0, 0.1) is 11.3 Å². The molecule has 1 aromatic carbocycles. The van der Waals surface area contributed by atoms with Gasteiger partial charge in [-0.2, -0.15) is 5.26 Å². The number of nitriles is 1. The van der Waals surface area contributed by atoms with E-state index in [9.17, 15) is 19.6 Å². The molecule has 1 atom stereocenters. The third kappa shape index (κ3) is 4.92. The molecular formula is C25H23N3O5S. The number of anilines is 1. The second-order valence-corrected chi connectivity index (χ2v) is 8.72. The molecule has 2 aromatic rings. The molecule has 2 heterocycles. The van der Waals surface area contributed by atoms with Crippen molar-refractivity contribution >= 4 is 35.1 Å². The molecule has 1 aliphatic carbocycles. The zero-order chi connectivity index (χ0) is 24.1. The Morgan fingerprint density at radius 1 is 1.26 bits per heavy atom. The van der Waals surface area contributed by atoms with Crippen LogP contribution in [-0.2, 0) is 14.3 Å². The van der Waals surface area contributed by atoms with Crippen molar-refractivity contribution in [2.75, 3.05) is 17.7 Å². The molecule has 174 valence electrons. The molecule has 2 N–H and O–H groups in total. The highest BCUT2D eigenvalue weighted by Crippen LogP contribution is 2.44. The quantitative estimate of drug-likeness (QED) is 0.568. The van der Waals surface area contributed by atoms with Crippen LogP contribution in [0.3, 0.4) is 0 Å². The van der Waals surface area contributed by atoms with E-state index in [2.05, 4.69) is 16.7 Å². The maximum atomic E-state index is 12.7. The Hall–Kier alpha value is -3.77. The van der Waals surface area contributed by atoms with Gasteiger partial charge in [0.1, 0.15) is 5.76 Å². The molecule has 0 bridgehead atoms. The standard InChI is InChI=1S/C25H23N3O5S/c1-2-32-25(31)15-8-10-16(11-9-15)27-21(30)14-34-24-17(13-26)22(20-7-4-12-33-20)23-18(28-24)5-3-6-19(23)29/h4,7-12,22,28H,2-3,5-6,14H2,1H3,(H,27,30)/t22-/m0/s1. The number of dihydropyridines is 1. The monoisotopic (exact) mass is 477 g/mol. The first-order valence-corrected chi connectivity index (χ1v) is 11.9. The first-order chi connectivity index (χ1) is 16.5. The summed E-state index contributed by atoms with van der Waals surface area (Å²) in [5, 5.41) is 16.5. The average molecular weight is 478 g/mol. The summed E-state index contributed by atoms with van der Waals surface area (Å²) in [5.74, 6) is -0.675. The van der Waals surface area contributed by atoms with Gasteiger partial charge < -0.3 is 19.8 Å². The molecule has 8 nitrogen and oxygen atoms in total. The summed E-state index contributed by atoms with van der Waals surface area (Å²) in [6, 6.07) is 12.1. The first-order valence-electron chi connectivity index (χ1n) is 10.9. The number of hydrogen-bond donors (Lipinski definition) is 2. The molecule has 2 aliphatic rings. The molecular weight excluding hydrogens is 454 g/mol. The number of Topliss-reactive ketones (excluding diaryl/α,β-unsaturated/α-hetero) is 1. The number of nitrogens with one attached hydrogen (secondary N) is 2. The minimum Gasteiger partial charge on any atom is -0.468 e. The minimum absolute atomic E-state index is 0.0101. The molecule has 4 rings (SSSR count). The van der Waals surface area contributed by atoms with Crippen molar-refractivity contribution in [3.8, 4) is 6.07 Å². The third-order valence-corrected chi connectivity index (χ3v) is 6.54. The lowest BCUT2D eigenvalue weighted by Crippen LogP contribution is -2.31. The van der Waals surface area contributed by atoms with Gasteiger partial charge in [0.05, 0.1) is 46.8 Å². The largest absolute Gasteiger partial charge is 0.468 e. The van der Waals surface area contributed by atoms with Crippen LogP contribution in [0.2, 0.25) is 0 Å². The second kappa shape index (κ2) is 10.4. The maximum absolute atomic E-state index is 12.7. The van der Waals surface area contributed by atoms with Crippen LogP contribution in [0.5, 0.6) is 0 Å². The number of carbonyl (C=O) groups excluding carboxylic acids is 3. The number of nitrogens with zero attached hydrogens (tertiary/aromatic N) is 1. The SMILES string of the molecule is CCOC(=O)c1ccc(NC(=O)CSC2=C(C#N)[C@@H](c3ccco3)C3=C(CCCC3=O)N2)cc1.